The molecule has 0 saturated heterocycles. The van der Waals surface area contributed by atoms with E-state index < -0.39 is 27.3 Å². The fraction of sp³-hybridized carbons (Fsp3) is 0.273. The van der Waals surface area contributed by atoms with Crippen molar-refractivity contribution in [1.29, 1.82) is 5.26 Å². The first kappa shape index (κ1) is 13.2. The summed E-state index contributed by atoms with van der Waals surface area (Å²) in [4.78, 5) is 11.4. The summed E-state index contributed by atoms with van der Waals surface area (Å²) in [5.41, 5.74) is 1.50. The highest BCUT2D eigenvalue weighted by atomic mass is 32.2. The zero-order valence-electron chi connectivity index (χ0n) is 9.30. The Labute approximate surface area is 100.0 Å². The summed E-state index contributed by atoms with van der Waals surface area (Å²) in [5, 5.41) is 10.7. The molecule has 5 nitrogen and oxygen atoms in total. The molecule has 1 aromatic rings. The van der Waals surface area contributed by atoms with Gasteiger partial charge in [0.05, 0.1) is 6.07 Å². The number of anilines is 1. The highest BCUT2D eigenvalue weighted by Gasteiger charge is 2.16. The molecule has 0 aromatic heterocycles. The molecule has 90 valence electrons. The molecule has 0 unspecified atom stereocenters. The molecule has 1 N–H and O–H groups in total. The molecule has 17 heavy (non-hydrogen) atoms. The lowest BCUT2D eigenvalue weighted by Crippen LogP contribution is -2.24. The van der Waals surface area contributed by atoms with E-state index in [-0.39, 0.29) is 0 Å². The predicted octanol–water partition coefficient (Wildman–Crippen LogP) is 0.872. The van der Waals surface area contributed by atoms with Crippen LogP contribution in [0.2, 0.25) is 0 Å². The van der Waals surface area contributed by atoms with Gasteiger partial charge in [-0.2, -0.15) is 5.26 Å². The summed E-state index contributed by atoms with van der Waals surface area (Å²) in [6.45, 7) is 1.86. The van der Waals surface area contributed by atoms with Crippen LogP contribution in [0.5, 0.6) is 0 Å². The number of nitrogens with one attached hydrogen (secondary N) is 1. The number of sulfone groups is 1. The van der Waals surface area contributed by atoms with Crippen LogP contribution < -0.4 is 5.32 Å². The zero-order chi connectivity index (χ0) is 12.9. The van der Waals surface area contributed by atoms with Crippen LogP contribution in [0.25, 0.3) is 0 Å². The highest BCUT2D eigenvalue weighted by Crippen LogP contribution is 2.09. The fourth-order valence-electron chi connectivity index (χ4n) is 1.27. The van der Waals surface area contributed by atoms with Crippen LogP contribution >= 0.6 is 0 Å². The van der Waals surface area contributed by atoms with Crippen molar-refractivity contribution < 1.29 is 13.2 Å². The molecule has 6 heteroatoms. The van der Waals surface area contributed by atoms with Gasteiger partial charge in [-0.25, -0.2) is 8.42 Å². The van der Waals surface area contributed by atoms with Gasteiger partial charge in [-0.05, 0) is 24.6 Å². The largest absolute Gasteiger partial charge is 0.325 e. The van der Waals surface area contributed by atoms with E-state index in [9.17, 15) is 13.2 Å². The number of benzene rings is 1. The number of carbonyl (C=O) groups is 1. The Balaban J connectivity index is 2.66. The van der Waals surface area contributed by atoms with Crippen LogP contribution in [0, 0.1) is 18.3 Å². The molecular weight excluding hydrogens is 240 g/mol. The van der Waals surface area contributed by atoms with E-state index in [4.69, 9.17) is 5.26 Å². The van der Waals surface area contributed by atoms with Crippen LogP contribution in [-0.4, -0.2) is 25.8 Å². The van der Waals surface area contributed by atoms with Crippen molar-refractivity contribution >= 4 is 21.4 Å². The topological polar surface area (TPSA) is 87.0 Å². The fourth-order valence-corrected chi connectivity index (χ4v) is 2.04. The summed E-state index contributed by atoms with van der Waals surface area (Å²) >= 11 is 0. The Morgan fingerprint density at radius 2 is 2.18 bits per heavy atom. The van der Waals surface area contributed by atoms with Crippen molar-refractivity contribution in [2.24, 2.45) is 0 Å². The summed E-state index contributed by atoms with van der Waals surface area (Å²) in [7, 11) is -3.63. The van der Waals surface area contributed by atoms with Gasteiger partial charge >= 0.3 is 0 Å². The number of nitrogens with zero attached hydrogens (tertiary/aromatic N) is 1. The van der Waals surface area contributed by atoms with Gasteiger partial charge in [-0.15, -0.1) is 0 Å². The molecule has 0 aliphatic heterocycles. The third-order valence-corrected chi connectivity index (χ3v) is 3.21. The molecule has 0 aliphatic carbocycles. The first-order chi connectivity index (χ1) is 7.93. The lowest BCUT2D eigenvalue weighted by Gasteiger charge is -2.05. The first-order valence-electron chi connectivity index (χ1n) is 4.87. The number of hydrogen-bond acceptors (Lipinski definition) is 4. The minimum Gasteiger partial charge on any atom is -0.325 e. The minimum atomic E-state index is -3.63. The number of amides is 1. The number of nitriles is 1. The number of hydrogen-bond donors (Lipinski definition) is 1. The van der Waals surface area contributed by atoms with Crippen molar-refractivity contribution in [2.75, 3.05) is 16.8 Å². The van der Waals surface area contributed by atoms with Crippen LogP contribution in [0.15, 0.2) is 24.3 Å². The average molecular weight is 252 g/mol. The van der Waals surface area contributed by atoms with Crippen molar-refractivity contribution in [3.05, 3.63) is 29.8 Å². The molecule has 0 atom stereocenters. The molecule has 0 aliphatic rings. The van der Waals surface area contributed by atoms with Crippen LogP contribution in [0.4, 0.5) is 5.69 Å². The molecule has 1 aromatic carbocycles. The van der Waals surface area contributed by atoms with Gasteiger partial charge in [-0.1, -0.05) is 12.1 Å². The van der Waals surface area contributed by atoms with Gasteiger partial charge in [-0.3, -0.25) is 4.79 Å². The third-order valence-electron chi connectivity index (χ3n) is 1.94. The number of rotatable bonds is 4. The third kappa shape index (κ3) is 4.66. The summed E-state index contributed by atoms with van der Waals surface area (Å²) in [5.74, 6) is -1.95. The summed E-state index contributed by atoms with van der Waals surface area (Å²) < 4.78 is 22.4. The normalized spacial score (nSPS) is 10.6. The lowest BCUT2D eigenvalue weighted by molar-refractivity contribution is -0.113. The molecule has 0 saturated carbocycles. The lowest BCUT2D eigenvalue weighted by atomic mass is 10.2. The zero-order valence-corrected chi connectivity index (χ0v) is 10.1. The summed E-state index contributed by atoms with van der Waals surface area (Å²) in [6, 6.07) is 8.54. The first-order valence-corrected chi connectivity index (χ1v) is 6.69. The van der Waals surface area contributed by atoms with E-state index in [1.54, 1.807) is 18.2 Å². The van der Waals surface area contributed by atoms with E-state index in [2.05, 4.69) is 5.32 Å². The van der Waals surface area contributed by atoms with Gasteiger partial charge in [0.1, 0.15) is 11.5 Å². The average Bonchev–Trinajstić information content (AvgIpc) is 2.15. The van der Waals surface area contributed by atoms with E-state index in [0.29, 0.717) is 5.69 Å². The second-order valence-electron chi connectivity index (χ2n) is 3.61. The molecule has 0 fully saturated rings. The van der Waals surface area contributed by atoms with Gasteiger partial charge in [0.15, 0.2) is 9.84 Å². The molecule has 0 spiro atoms. The van der Waals surface area contributed by atoms with E-state index in [0.717, 1.165) is 5.56 Å². The van der Waals surface area contributed by atoms with Gasteiger partial charge < -0.3 is 5.32 Å². The maximum Gasteiger partial charge on any atom is 0.239 e. The van der Waals surface area contributed by atoms with Crippen LogP contribution in [0.1, 0.15) is 5.56 Å². The summed E-state index contributed by atoms with van der Waals surface area (Å²) in [6.07, 6.45) is 0. The molecule has 0 radical (unpaired) electrons. The SMILES string of the molecule is Cc1cccc(NC(=O)CS(=O)(=O)CC#N)c1. The van der Waals surface area contributed by atoms with E-state index >= 15 is 0 Å². The predicted molar refractivity (Wildman–Crippen MR) is 64.1 cm³/mol. The van der Waals surface area contributed by atoms with Gasteiger partial charge in [0, 0.05) is 5.69 Å². The van der Waals surface area contributed by atoms with Crippen LogP contribution in [-0.2, 0) is 14.6 Å². The minimum absolute atomic E-state index is 0.544. The van der Waals surface area contributed by atoms with E-state index in [1.165, 1.54) is 6.07 Å². The van der Waals surface area contributed by atoms with Gasteiger partial charge in [0.2, 0.25) is 5.91 Å². The molecular formula is C11H12N2O3S. The maximum absolute atomic E-state index is 11.4. The molecule has 0 heterocycles. The Bertz CT molecular complexity index is 558. The van der Waals surface area contributed by atoms with Crippen molar-refractivity contribution in [3.63, 3.8) is 0 Å². The van der Waals surface area contributed by atoms with Crippen molar-refractivity contribution in [3.8, 4) is 6.07 Å². The second kappa shape index (κ2) is 5.46. The second-order valence-corrected chi connectivity index (χ2v) is 5.67. The smallest absolute Gasteiger partial charge is 0.239 e. The monoisotopic (exact) mass is 252 g/mol. The Morgan fingerprint density at radius 1 is 1.47 bits per heavy atom. The highest BCUT2D eigenvalue weighted by molar-refractivity contribution is 7.92. The molecule has 1 amide bonds. The van der Waals surface area contributed by atoms with Crippen molar-refractivity contribution in [2.45, 2.75) is 6.92 Å². The maximum atomic E-state index is 11.4. The Morgan fingerprint density at radius 3 is 2.76 bits per heavy atom. The Kier molecular flexibility index (Phi) is 4.24. The van der Waals surface area contributed by atoms with Crippen LogP contribution in [0.3, 0.4) is 0 Å². The standard InChI is InChI=1S/C11H12N2O3S/c1-9-3-2-4-10(7-9)13-11(14)8-17(15,16)6-5-12/h2-4,7H,6,8H2,1H3,(H,13,14). The van der Waals surface area contributed by atoms with Gasteiger partial charge in [0.25, 0.3) is 0 Å². The number of carbonyl (C=O) groups excluding carboxylic acids is 1. The number of aryl methyl sites for hydroxylation is 1. The quantitative estimate of drug-likeness (QED) is 0.861. The van der Waals surface area contributed by atoms with Crippen molar-refractivity contribution in [1.82, 2.24) is 0 Å². The molecule has 0 bridgehead atoms. The molecule has 1 rings (SSSR count). The Hall–Kier alpha value is -1.87. The van der Waals surface area contributed by atoms with E-state index in [1.807, 2.05) is 13.0 Å².